The molecule has 1 amide bonds. The van der Waals surface area contributed by atoms with Gasteiger partial charge < -0.3 is 15.0 Å². The van der Waals surface area contributed by atoms with E-state index in [-0.39, 0.29) is 17.8 Å². The van der Waals surface area contributed by atoms with Crippen LogP contribution in [0.1, 0.15) is 29.4 Å². The summed E-state index contributed by atoms with van der Waals surface area (Å²) in [6.07, 6.45) is 1.28. The van der Waals surface area contributed by atoms with Crippen molar-refractivity contribution in [1.29, 1.82) is 0 Å². The predicted molar refractivity (Wildman–Crippen MR) is 113 cm³/mol. The number of rotatable bonds is 5. The lowest BCUT2D eigenvalue weighted by Crippen LogP contribution is -2.23. The zero-order valence-corrected chi connectivity index (χ0v) is 16.6. The Morgan fingerprint density at radius 3 is 2.79 bits per heavy atom. The third-order valence-electron chi connectivity index (χ3n) is 5.17. The maximum Gasteiger partial charge on any atom is 0.255 e. The van der Waals surface area contributed by atoms with Gasteiger partial charge in [0.25, 0.3) is 5.91 Å². The van der Waals surface area contributed by atoms with E-state index in [4.69, 9.17) is 4.74 Å². The Kier molecular flexibility index (Phi) is 5.45. The molecule has 1 aliphatic rings. The van der Waals surface area contributed by atoms with Crippen LogP contribution in [0.5, 0.6) is 0 Å². The van der Waals surface area contributed by atoms with E-state index in [2.05, 4.69) is 21.3 Å². The third kappa shape index (κ3) is 4.22. The number of aryl methyl sites for hydroxylation is 1. The number of aromatic nitrogens is 1. The van der Waals surface area contributed by atoms with Gasteiger partial charge in [0.15, 0.2) is 0 Å². The molecule has 1 N–H and O–H groups in total. The molecule has 0 spiro atoms. The van der Waals surface area contributed by atoms with Crippen molar-refractivity contribution < 1.29 is 13.9 Å². The highest BCUT2D eigenvalue weighted by atomic mass is 19.1. The Labute approximate surface area is 169 Å². The number of ether oxygens (including phenoxy) is 1. The molecule has 3 aromatic rings. The maximum absolute atomic E-state index is 13.1. The van der Waals surface area contributed by atoms with Gasteiger partial charge in [-0.3, -0.25) is 9.78 Å². The number of hydrogen-bond donors (Lipinski definition) is 1. The van der Waals surface area contributed by atoms with Crippen molar-refractivity contribution in [2.24, 2.45) is 0 Å². The number of halogens is 1. The van der Waals surface area contributed by atoms with E-state index in [1.54, 1.807) is 0 Å². The van der Waals surface area contributed by atoms with Gasteiger partial charge in [-0.25, -0.2) is 4.39 Å². The largest absolute Gasteiger partial charge is 0.377 e. The van der Waals surface area contributed by atoms with E-state index in [9.17, 15) is 9.18 Å². The zero-order valence-electron chi connectivity index (χ0n) is 16.6. The number of anilines is 2. The second-order valence-corrected chi connectivity index (χ2v) is 7.29. The van der Waals surface area contributed by atoms with E-state index < -0.39 is 0 Å². The van der Waals surface area contributed by atoms with Gasteiger partial charge in [0.05, 0.1) is 11.6 Å². The molecular formula is C23H24FN3O2. The number of amides is 1. The highest BCUT2D eigenvalue weighted by Gasteiger charge is 2.24. The number of hydrogen-bond acceptors (Lipinski definition) is 4. The van der Waals surface area contributed by atoms with E-state index in [1.807, 2.05) is 32.0 Å². The Hall–Kier alpha value is -2.99. The number of carbonyl (C=O) groups is 1. The van der Waals surface area contributed by atoms with E-state index in [1.165, 1.54) is 24.3 Å². The standard InChI is InChI=1S/C23H24FN3O2/c1-3-29-19-10-11-27(14-19)22-12-15(2)25-21-13-18(8-9-20(21)22)26-23(28)16-4-6-17(24)7-5-16/h4-9,12-13,19H,3,10-11,14H2,1-2H3,(H,26,28). The van der Waals surface area contributed by atoms with Crippen LogP contribution in [0.4, 0.5) is 15.8 Å². The lowest BCUT2D eigenvalue weighted by molar-refractivity contribution is 0.0788. The maximum atomic E-state index is 13.1. The Balaban J connectivity index is 1.59. The minimum atomic E-state index is -0.368. The highest BCUT2D eigenvalue weighted by Crippen LogP contribution is 2.31. The molecule has 1 aliphatic heterocycles. The monoisotopic (exact) mass is 393 g/mol. The van der Waals surface area contributed by atoms with Crippen molar-refractivity contribution in [3.8, 4) is 0 Å². The summed E-state index contributed by atoms with van der Waals surface area (Å²) in [7, 11) is 0. The summed E-state index contributed by atoms with van der Waals surface area (Å²) >= 11 is 0. The van der Waals surface area contributed by atoms with Gasteiger partial charge in [-0.05, 0) is 68.8 Å². The van der Waals surface area contributed by atoms with E-state index in [0.717, 1.165) is 48.4 Å². The summed E-state index contributed by atoms with van der Waals surface area (Å²) in [6, 6.07) is 13.3. The second kappa shape index (κ2) is 8.17. The van der Waals surface area contributed by atoms with Gasteiger partial charge in [-0.1, -0.05) is 0 Å². The first kappa shape index (κ1) is 19.3. The molecule has 1 fully saturated rings. The topological polar surface area (TPSA) is 54.5 Å². The van der Waals surface area contributed by atoms with Gasteiger partial charge >= 0.3 is 0 Å². The van der Waals surface area contributed by atoms with Crippen LogP contribution in [-0.2, 0) is 4.74 Å². The van der Waals surface area contributed by atoms with Crippen molar-refractivity contribution in [3.63, 3.8) is 0 Å². The summed E-state index contributed by atoms with van der Waals surface area (Å²) < 4.78 is 18.9. The molecule has 1 atom stereocenters. The summed E-state index contributed by atoms with van der Waals surface area (Å²) in [5.74, 6) is -0.649. The molecule has 6 heteroatoms. The minimum Gasteiger partial charge on any atom is -0.377 e. The number of pyridine rings is 1. The summed E-state index contributed by atoms with van der Waals surface area (Å²) in [4.78, 5) is 19.4. The molecule has 0 saturated carbocycles. The van der Waals surface area contributed by atoms with Crippen LogP contribution in [0.2, 0.25) is 0 Å². The van der Waals surface area contributed by atoms with Gasteiger partial charge in [0.2, 0.25) is 0 Å². The molecule has 5 nitrogen and oxygen atoms in total. The van der Waals surface area contributed by atoms with Crippen molar-refractivity contribution in [2.45, 2.75) is 26.4 Å². The van der Waals surface area contributed by atoms with Crippen LogP contribution < -0.4 is 10.2 Å². The smallest absolute Gasteiger partial charge is 0.255 e. The van der Waals surface area contributed by atoms with Crippen molar-refractivity contribution >= 4 is 28.2 Å². The highest BCUT2D eigenvalue weighted by molar-refractivity contribution is 6.05. The molecule has 0 radical (unpaired) electrons. The summed E-state index contributed by atoms with van der Waals surface area (Å²) in [6.45, 7) is 6.55. The first-order valence-electron chi connectivity index (χ1n) is 9.88. The SMILES string of the molecule is CCOC1CCN(c2cc(C)nc3cc(NC(=O)c4ccc(F)cc4)ccc23)C1. The molecule has 1 saturated heterocycles. The molecule has 1 aromatic heterocycles. The number of fused-ring (bicyclic) bond motifs is 1. The fourth-order valence-corrected chi connectivity index (χ4v) is 3.80. The van der Waals surface area contributed by atoms with Crippen molar-refractivity contribution in [3.05, 3.63) is 65.6 Å². The van der Waals surface area contributed by atoms with Crippen molar-refractivity contribution in [1.82, 2.24) is 4.98 Å². The first-order chi connectivity index (χ1) is 14.0. The summed E-state index contributed by atoms with van der Waals surface area (Å²) in [5, 5.41) is 3.92. The fourth-order valence-electron chi connectivity index (χ4n) is 3.80. The quantitative estimate of drug-likeness (QED) is 0.691. The third-order valence-corrected chi connectivity index (χ3v) is 5.17. The minimum absolute atomic E-state index is 0.262. The van der Waals surface area contributed by atoms with Gasteiger partial charge in [0.1, 0.15) is 5.82 Å². The van der Waals surface area contributed by atoms with Gasteiger partial charge in [-0.15, -0.1) is 0 Å². The number of nitrogens with zero attached hydrogens (tertiary/aromatic N) is 2. The molecule has 29 heavy (non-hydrogen) atoms. The lowest BCUT2D eigenvalue weighted by Gasteiger charge is -2.21. The Bertz CT molecular complexity index is 1040. The molecule has 1 unspecified atom stereocenters. The van der Waals surface area contributed by atoms with Crippen LogP contribution in [0, 0.1) is 12.7 Å². The normalized spacial score (nSPS) is 16.4. The van der Waals surface area contributed by atoms with Gasteiger partial charge in [0, 0.05) is 47.7 Å². The van der Waals surface area contributed by atoms with Crippen LogP contribution in [-0.4, -0.2) is 36.7 Å². The molecule has 150 valence electrons. The zero-order chi connectivity index (χ0) is 20.4. The average molecular weight is 393 g/mol. The average Bonchev–Trinajstić information content (AvgIpc) is 3.16. The predicted octanol–water partition coefficient (Wildman–Crippen LogP) is 4.55. The van der Waals surface area contributed by atoms with E-state index >= 15 is 0 Å². The molecule has 0 bridgehead atoms. The Morgan fingerprint density at radius 2 is 2.03 bits per heavy atom. The molecular weight excluding hydrogens is 369 g/mol. The number of carbonyl (C=O) groups excluding carboxylic acids is 1. The summed E-state index contributed by atoms with van der Waals surface area (Å²) in [5.41, 5.74) is 3.96. The number of benzene rings is 2. The molecule has 2 heterocycles. The van der Waals surface area contributed by atoms with Crippen molar-refractivity contribution in [2.75, 3.05) is 29.9 Å². The van der Waals surface area contributed by atoms with Crippen LogP contribution in [0.3, 0.4) is 0 Å². The number of nitrogens with one attached hydrogen (secondary N) is 1. The first-order valence-corrected chi connectivity index (χ1v) is 9.88. The van der Waals surface area contributed by atoms with Gasteiger partial charge in [-0.2, -0.15) is 0 Å². The molecule has 4 rings (SSSR count). The van der Waals surface area contributed by atoms with Crippen LogP contribution in [0.25, 0.3) is 10.9 Å². The lowest BCUT2D eigenvalue weighted by atomic mass is 10.1. The molecule has 2 aromatic carbocycles. The molecule has 0 aliphatic carbocycles. The second-order valence-electron chi connectivity index (χ2n) is 7.29. The van der Waals surface area contributed by atoms with Crippen LogP contribution in [0.15, 0.2) is 48.5 Å². The van der Waals surface area contributed by atoms with Crippen LogP contribution >= 0.6 is 0 Å². The Morgan fingerprint density at radius 1 is 1.24 bits per heavy atom. The fraction of sp³-hybridized carbons (Fsp3) is 0.304. The van der Waals surface area contributed by atoms with E-state index in [0.29, 0.717) is 11.3 Å².